The van der Waals surface area contributed by atoms with Gasteiger partial charge in [0.2, 0.25) is 0 Å². The fourth-order valence-corrected chi connectivity index (χ4v) is 1.22. The van der Waals surface area contributed by atoms with Crippen LogP contribution < -0.4 is 0 Å². The number of ether oxygens (including phenoxy) is 1. The first-order chi connectivity index (χ1) is 7.83. The Balaban J connectivity index is 2.15. The summed E-state index contributed by atoms with van der Waals surface area (Å²) in [5.74, 6) is 2.39. The molecule has 0 spiro atoms. The Morgan fingerprint density at radius 2 is 2.12 bits per heavy atom. The largest absolute Gasteiger partial charge is 0.388 e. The highest BCUT2D eigenvalue weighted by atomic mass is 16.5. The molecule has 0 aliphatic carbocycles. The summed E-state index contributed by atoms with van der Waals surface area (Å²) in [4.78, 5) is 0. The van der Waals surface area contributed by atoms with Gasteiger partial charge in [-0.05, 0) is 5.56 Å². The summed E-state index contributed by atoms with van der Waals surface area (Å²) >= 11 is 0. The lowest BCUT2D eigenvalue weighted by atomic mass is 10.2. The average Bonchev–Trinajstić information content (AvgIpc) is 2.30. The summed E-state index contributed by atoms with van der Waals surface area (Å²) < 4.78 is 5.40. The Kier molecular flexibility index (Phi) is 6.02. The standard InChI is InChI=1S/C14H16O2/c1-2-7-14(15)10-6-11-16-12-13-8-4-3-5-9-13/h1,3-6,8-10,14-15H,7,11-12H2/b10-6+. The molecule has 2 heteroatoms. The molecule has 1 aromatic rings. The molecule has 1 atom stereocenters. The van der Waals surface area contributed by atoms with Crippen LogP contribution >= 0.6 is 0 Å². The lowest BCUT2D eigenvalue weighted by molar-refractivity contribution is 0.147. The maximum absolute atomic E-state index is 9.28. The number of hydrogen-bond acceptors (Lipinski definition) is 2. The number of rotatable bonds is 6. The molecule has 0 heterocycles. The van der Waals surface area contributed by atoms with Gasteiger partial charge in [-0.15, -0.1) is 12.3 Å². The molecule has 0 bridgehead atoms. The van der Waals surface area contributed by atoms with Crippen molar-refractivity contribution in [2.75, 3.05) is 6.61 Å². The second-order valence-corrected chi connectivity index (χ2v) is 3.40. The lowest BCUT2D eigenvalue weighted by Gasteiger charge is -2.02. The number of benzene rings is 1. The van der Waals surface area contributed by atoms with Crippen molar-refractivity contribution in [1.29, 1.82) is 0 Å². The van der Waals surface area contributed by atoms with E-state index in [0.29, 0.717) is 19.6 Å². The van der Waals surface area contributed by atoms with E-state index in [2.05, 4.69) is 5.92 Å². The van der Waals surface area contributed by atoms with Crippen LogP contribution in [0, 0.1) is 12.3 Å². The Labute approximate surface area is 96.6 Å². The van der Waals surface area contributed by atoms with Crippen molar-refractivity contribution in [1.82, 2.24) is 0 Å². The molecule has 1 N–H and O–H groups in total. The van der Waals surface area contributed by atoms with Crippen LogP contribution in [0.5, 0.6) is 0 Å². The van der Waals surface area contributed by atoms with Crippen molar-refractivity contribution in [2.45, 2.75) is 19.1 Å². The van der Waals surface area contributed by atoms with E-state index in [1.54, 1.807) is 12.2 Å². The van der Waals surface area contributed by atoms with Gasteiger partial charge >= 0.3 is 0 Å². The van der Waals surface area contributed by atoms with Gasteiger partial charge in [0, 0.05) is 6.42 Å². The summed E-state index contributed by atoms with van der Waals surface area (Å²) in [6.45, 7) is 1.06. The number of aliphatic hydroxyl groups is 1. The molecule has 1 unspecified atom stereocenters. The van der Waals surface area contributed by atoms with Crippen LogP contribution in [0.1, 0.15) is 12.0 Å². The molecule has 0 fully saturated rings. The minimum Gasteiger partial charge on any atom is -0.388 e. The molecule has 2 nitrogen and oxygen atoms in total. The van der Waals surface area contributed by atoms with Crippen molar-refractivity contribution in [3.05, 3.63) is 48.0 Å². The van der Waals surface area contributed by atoms with E-state index in [1.807, 2.05) is 30.3 Å². The third-order valence-corrected chi connectivity index (χ3v) is 2.01. The van der Waals surface area contributed by atoms with Crippen LogP contribution in [-0.2, 0) is 11.3 Å². The molecule has 0 aromatic heterocycles. The minimum atomic E-state index is -0.565. The molecule has 84 valence electrons. The highest BCUT2D eigenvalue weighted by molar-refractivity contribution is 5.13. The second-order valence-electron chi connectivity index (χ2n) is 3.40. The smallest absolute Gasteiger partial charge is 0.0830 e. The highest BCUT2D eigenvalue weighted by Gasteiger charge is 1.94. The number of terminal acetylenes is 1. The van der Waals surface area contributed by atoms with Crippen molar-refractivity contribution < 1.29 is 9.84 Å². The predicted molar refractivity (Wildman–Crippen MR) is 64.7 cm³/mol. The lowest BCUT2D eigenvalue weighted by Crippen LogP contribution is -2.00. The van der Waals surface area contributed by atoms with Gasteiger partial charge in [0.15, 0.2) is 0 Å². The summed E-state index contributed by atoms with van der Waals surface area (Å²) in [5.41, 5.74) is 1.14. The first-order valence-corrected chi connectivity index (χ1v) is 5.23. The van der Waals surface area contributed by atoms with Crippen LogP contribution in [0.3, 0.4) is 0 Å². The van der Waals surface area contributed by atoms with E-state index < -0.39 is 6.10 Å². The fraction of sp³-hybridized carbons (Fsp3) is 0.286. The molecule has 0 amide bonds. The zero-order chi connectivity index (χ0) is 11.6. The van der Waals surface area contributed by atoms with Gasteiger partial charge in [-0.1, -0.05) is 42.5 Å². The van der Waals surface area contributed by atoms with Crippen LogP contribution in [0.4, 0.5) is 0 Å². The van der Waals surface area contributed by atoms with Crippen molar-refractivity contribution in [2.24, 2.45) is 0 Å². The topological polar surface area (TPSA) is 29.5 Å². The third kappa shape index (κ3) is 5.35. The monoisotopic (exact) mass is 216 g/mol. The van der Waals surface area contributed by atoms with E-state index >= 15 is 0 Å². The van der Waals surface area contributed by atoms with Gasteiger partial charge in [-0.2, -0.15) is 0 Å². The van der Waals surface area contributed by atoms with Gasteiger partial charge in [0.1, 0.15) is 0 Å². The van der Waals surface area contributed by atoms with E-state index in [0.717, 1.165) is 5.56 Å². The Morgan fingerprint density at radius 1 is 1.38 bits per heavy atom. The molecule has 1 aromatic carbocycles. The highest BCUT2D eigenvalue weighted by Crippen LogP contribution is 2.00. The Morgan fingerprint density at radius 3 is 2.81 bits per heavy atom. The maximum Gasteiger partial charge on any atom is 0.0830 e. The SMILES string of the molecule is C#CCC(O)/C=C/COCc1ccccc1. The summed E-state index contributed by atoms with van der Waals surface area (Å²) in [7, 11) is 0. The van der Waals surface area contributed by atoms with Gasteiger partial charge in [0.05, 0.1) is 19.3 Å². The summed E-state index contributed by atoms with van der Waals surface area (Å²) in [5, 5.41) is 9.28. The Hall–Kier alpha value is -1.56. The fourth-order valence-electron chi connectivity index (χ4n) is 1.22. The van der Waals surface area contributed by atoms with Crippen molar-refractivity contribution in [3.63, 3.8) is 0 Å². The first kappa shape index (κ1) is 12.5. The average molecular weight is 216 g/mol. The molecule has 0 radical (unpaired) electrons. The first-order valence-electron chi connectivity index (χ1n) is 5.23. The zero-order valence-electron chi connectivity index (χ0n) is 9.17. The molecule has 16 heavy (non-hydrogen) atoms. The Bertz CT molecular complexity index is 349. The minimum absolute atomic E-state index is 0.342. The van der Waals surface area contributed by atoms with E-state index in [1.165, 1.54) is 0 Å². The van der Waals surface area contributed by atoms with Crippen molar-refractivity contribution in [3.8, 4) is 12.3 Å². The second kappa shape index (κ2) is 7.70. The predicted octanol–water partition coefficient (Wildman–Crippen LogP) is 2.14. The molecule has 0 saturated carbocycles. The zero-order valence-corrected chi connectivity index (χ0v) is 9.17. The van der Waals surface area contributed by atoms with Crippen LogP contribution in [0.15, 0.2) is 42.5 Å². The summed E-state index contributed by atoms with van der Waals surface area (Å²) in [6.07, 6.45) is 8.28. The molecule has 0 aliphatic heterocycles. The van der Waals surface area contributed by atoms with Crippen LogP contribution in [-0.4, -0.2) is 17.8 Å². The van der Waals surface area contributed by atoms with E-state index in [9.17, 15) is 5.11 Å². The molecule has 1 rings (SSSR count). The van der Waals surface area contributed by atoms with Crippen LogP contribution in [0.25, 0.3) is 0 Å². The maximum atomic E-state index is 9.28. The van der Waals surface area contributed by atoms with E-state index in [4.69, 9.17) is 11.2 Å². The number of hydrogen-bond donors (Lipinski definition) is 1. The molecular formula is C14H16O2. The van der Waals surface area contributed by atoms with Gasteiger partial charge in [-0.25, -0.2) is 0 Å². The summed E-state index contributed by atoms with van der Waals surface area (Å²) in [6, 6.07) is 9.95. The van der Waals surface area contributed by atoms with Crippen molar-refractivity contribution >= 4 is 0 Å². The normalized spacial score (nSPS) is 12.5. The molecular weight excluding hydrogens is 200 g/mol. The molecule has 0 saturated heterocycles. The number of aliphatic hydroxyl groups excluding tert-OH is 1. The van der Waals surface area contributed by atoms with E-state index in [-0.39, 0.29) is 0 Å². The van der Waals surface area contributed by atoms with Gasteiger partial charge in [0.25, 0.3) is 0 Å². The van der Waals surface area contributed by atoms with Gasteiger partial charge < -0.3 is 9.84 Å². The van der Waals surface area contributed by atoms with Gasteiger partial charge in [-0.3, -0.25) is 0 Å². The third-order valence-electron chi connectivity index (χ3n) is 2.01. The molecule has 0 aliphatic rings. The van der Waals surface area contributed by atoms with Crippen LogP contribution in [0.2, 0.25) is 0 Å². The quantitative estimate of drug-likeness (QED) is 0.448.